The Kier molecular flexibility index (Phi) is 4.22. The maximum atomic E-state index is 11.7. The van der Waals surface area contributed by atoms with Crippen LogP contribution in [0.5, 0.6) is 5.75 Å². The van der Waals surface area contributed by atoms with E-state index in [4.69, 9.17) is 4.74 Å². The molecule has 0 fully saturated rings. The van der Waals surface area contributed by atoms with Crippen molar-refractivity contribution in [3.63, 3.8) is 0 Å². The topological polar surface area (TPSA) is 35.7 Å². The average Bonchev–Trinajstić information content (AvgIpc) is 2.82. The van der Waals surface area contributed by atoms with Crippen molar-refractivity contribution in [1.29, 1.82) is 0 Å². The van der Waals surface area contributed by atoms with Crippen molar-refractivity contribution in [2.75, 3.05) is 25.1 Å². The third-order valence-corrected chi connectivity index (χ3v) is 5.34. The van der Waals surface area contributed by atoms with Gasteiger partial charge in [0.05, 0.1) is 13.7 Å². The molecule has 0 aromatic heterocycles. The number of hydrogen-bond donors (Lipinski definition) is 1. The van der Waals surface area contributed by atoms with E-state index in [2.05, 4.69) is 15.5 Å². The van der Waals surface area contributed by atoms with Crippen LogP contribution >= 0.6 is 0 Å². The molecule has 2 aliphatic heterocycles. The van der Waals surface area contributed by atoms with Gasteiger partial charge in [-0.25, -0.2) is 9.48 Å². The Bertz CT molecular complexity index is 787. The molecule has 2 aliphatic rings. The number of nitrogens with zero attached hydrogens (tertiary/aromatic N) is 2. The van der Waals surface area contributed by atoms with E-state index in [-0.39, 0.29) is 0 Å². The van der Waals surface area contributed by atoms with E-state index in [1.165, 1.54) is 12.3 Å². The van der Waals surface area contributed by atoms with Crippen molar-refractivity contribution in [3.8, 4) is 5.75 Å². The summed E-state index contributed by atoms with van der Waals surface area (Å²) >= 11 is 0. The molecule has 0 unspecified atom stereocenters. The smallest absolute Gasteiger partial charge is 0.271 e. The molecule has 0 saturated carbocycles. The molecule has 4 rings (SSSR count). The predicted octanol–water partition coefficient (Wildman–Crippen LogP) is 3.35. The van der Waals surface area contributed by atoms with E-state index >= 15 is 0 Å². The molecule has 0 bridgehead atoms. The Balaban J connectivity index is 1.84. The minimum atomic E-state index is -0.998. The summed E-state index contributed by atoms with van der Waals surface area (Å²) in [7, 11) is 1.70. The molecule has 0 radical (unpaired) electrons. The quantitative estimate of drug-likeness (QED) is 0.873. The number of ether oxygens (including phenoxy) is 1. The van der Waals surface area contributed by atoms with Gasteiger partial charge in [0.1, 0.15) is 0 Å². The second kappa shape index (κ2) is 6.52. The normalized spacial score (nSPS) is 23.4. The molecule has 2 aromatic carbocycles. The number of β-amino-alcohol motifs (C(OH)–C–C–N with tert-alkyl or cyclic N) is 1. The standard InChI is InChI=1S/C21H25N2O2/c1-25-19-13-8-7-12-18(19)22-16-21(24,17-10-4-2-5-11-17)23-15-9-3-6-14-20(22)23/h2,4-5,7-8,10-13,24H,3,6,9,14-16H2,1H3/q+1/t21-/m0/s1. The molecule has 0 spiro atoms. The lowest BCUT2D eigenvalue weighted by molar-refractivity contribution is -0.658. The second-order valence-corrected chi connectivity index (χ2v) is 6.82. The zero-order valence-electron chi connectivity index (χ0n) is 14.7. The van der Waals surface area contributed by atoms with Gasteiger partial charge in [0, 0.05) is 12.0 Å². The first kappa shape index (κ1) is 16.2. The summed E-state index contributed by atoms with van der Waals surface area (Å²) in [6.07, 6.45) is 4.44. The molecule has 4 heteroatoms. The highest BCUT2D eigenvalue weighted by Crippen LogP contribution is 2.38. The van der Waals surface area contributed by atoms with Crippen LogP contribution in [-0.4, -0.2) is 35.7 Å². The Morgan fingerprint density at radius 2 is 1.76 bits per heavy atom. The van der Waals surface area contributed by atoms with Crippen molar-refractivity contribution in [3.05, 3.63) is 60.2 Å². The number of para-hydroxylation sites is 2. The van der Waals surface area contributed by atoms with Gasteiger partial charge in [-0.3, -0.25) is 0 Å². The number of anilines is 1. The monoisotopic (exact) mass is 337 g/mol. The molecular formula is C21H25N2O2+. The van der Waals surface area contributed by atoms with Gasteiger partial charge in [-0.2, -0.15) is 0 Å². The van der Waals surface area contributed by atoms with Crippen LogP contribution in [0.3, 0.4) is 0 Å². The van der Waals surface area contributed by atoms with Crippen molar-refractivity contribution >= 4 is 11.5 Å². The van der Waals surface area contributed by atoms with Crippen LogP contribution in [0.1, 0.15) is 31.2 Å². The summed E-state index contributed by atoms with van der Waals surface area (Å²) in [5, 5.41) is 11.7. The van der Waals surface area contributed by atoms with Crippen LogP contribution in [0.2, 0.25) is 0 Å². The highest BCUT2D eigenvalue weighted by Gasteiger charge is 2.52. The molecule has 0 amide bonds. The molecule has 2 aromatic rings. The molecule has 1 N–H and O–H groups in total. The van der Waals surface area contributed by atoms with Crippen molar-refractivity contribution in [1.82, 2.24) is 0 Å². The van der Waals surface area contributed by atoms with Crippen LogP contribution in [-0.2, 0) is 5.72 Å². The molecule has 25 heavy (non-hydrogen) atoms. The zero-order valence-corrected chi connectivity index (χ0v) is 14.7. The average molecular weight is 337 g/mol. The number of methoxy groups -OCH3 is 1. The van der Waals surface area contributed by atoms with Gasteiger partial charge in [-0.05, 0) is 31.4 Å². The maximum absolute atomic E-state index is 11.7. The Hall–Kier alpha value is -2.33. The lowest BCUT2D eigenvalue weighted by atomic mass is 10.0. The minimum Gasteiger partial charge on any atom is -0.492 e. The first-order valence-electron chi connectivity index (χ1n) is 9.06. The molecular weight excluding hydrogens is 312 g/mol. The summed E-state index contributed by atoms with van der Waals surface area (Å²) in [6.45, 7) is 1.40. The van der Waals surface area contributed by atoms with Gasteiger partial charge < -0.3 is 9.84 Å². The Morgan fingerprint density at radius 1 is 1.00 bits per heavy atom. The van der Waals surface area contributed by atoms with Gasteiger partial charge in [0.25, 0.3) is 11.6 Å². The summed E-state index contributed by atoms with van der Waals surface area (Å²) in [6, 6.07) is 18.1. The lowest BCUT2D eigenvalue weighted by Gasteiger charge is -2.23. The molecule has 130 valence electrons. The van der Waals surface area contributed by atoms with Gasteiger partial charge in [0.15, 0.2) is 18.0 Å². The van der Waals surface area contributed by atoms with Gasteiger partial charge in [-0.15, -0.1) is 0 Å². The number of hydrogen-bond acceptors (Lipinski definition) is 3. The van der Waals surface area contributed by atoms with Crippen LogP contribution in [0, 0.1) is 0 Å². The van der Waals surface area contributed by atoms with Crippen LogP contribution < -0.4 is 9.64 Å². The molecule has 4 nitrogen and oxygen atoms in total. The van der Waals surface area contributed by atoms with Crippen molar-refractivity contribution in [2.24, 2.45) is 0 Å². The van der Waals surface area contributed by atoms with E-state index in [1.54, 1.807) is 7.11 Å². The van der Waals surface area contributed by atoms with Crippen LogP contribution in [0.15, 0.2) is 54.6 Å². The number of benzene rings is 2. The molecule has 0 saturated heterocycles. The molecule has 2 heterocycles. The van der Waals surface area contributed by atoms with Gasteiger partial charge in [0.2, 0.25) is 0 Å². The summed E-state index contributed by atoms with van der Waals surface area (Å²) in [5.41, 5.74) is 0.979. The first-order chi connectivity index (χ1) is 12.2. The SMILES string of the molecule is COc1ccccc1N1C[C@](O)(c2ccccc2)[N+]2=C1CCCCC2. The van der Waals surface area contributed by atoms with E-state index in [0.717, 1.165) is 42.8 Å². The van der Waals surface area contributed by atoms with Crippen molar-refractivity contribution in [2.45, 2.75) is 31.4 Å². The zero-order chi connectivity index (χ0) is 17.3. The van der Waals surface area contributed by atoms with E-state index in [1.807, 2.05) is 48.5 Å². The van der Waals surface area contributed by atoms with E-state index in [9.17, 15) is 5.11 Å². The number of amidine groups is 1. The fraction of sp³-hybridized carbons (Fsp3) is 0.381. The Labute approximate surface area is 149 Å². The summed E-state index contributed by atoms with van der Waals surface area (Å²) in [4.78, 5) is 2.25. The Morgan fingerprint density at radius 3 is 2.56 bits per heavy atom. The van der Waals surface area contributed by atoms with Gasteiger partial charge in [-0.1, -0.05) is 42.5 Å². The van der Waals surface area contributed by atoms with Crippen LogP contribution in [0.4, 0.5) is 5.69 Å². The maximum Gasteiger partial charge on any atom is 0.271 e. The van der Waals surface area contributed by atoms with Crippen LogP contribution in [0.25, 0.3) is 0 Å². The predicted molar refractivity (Wildman–Crippen MR) is 99.3 cm³/mol. The largest absolute Gasteiger partial charge is 0.492 e. The number of aliphatic hydroxyl groups is 1. The third-order valence-electron chi connectivity index (χ3n) is 5.34. The second-order valence-electron chi connectivity index (χ2n) is 6.82. The van der Waals surface area contributed by atoms with E-state index < -0.39 is 5.72 Å². The molecule has 1 atom stereocenters. The number of rotatable bonds is 3. The lowest BCUT2D eigenvalue weighted by Crippen LogP contribution is -2.41. The van der Waals surface area contributed by atoms with Crippen molar-refractivity contribution < 1.29 is 14.4 Å². The fourth-order valence-electron chi connectivity index (χ4n) is 4.10. The van der Waals surface area contributed by atoms with Gasteiger partial charge >= 0.3 is 0 Å². The summed E-state index contributed by atoms with van der Waals surface area (Å²) in [5.74, 6) is 2.05. The minimum absolute atomic E-state index is 0.521. The third kappa shape index (κ3) is 2.71. The first-order valence-corrected chi connectivity index (χ1v) is 9.06. The highest BCUT2D eigenvalue weighted by molar-refractivity contribution is 5.97. The molecule has 0 aliphatic carbocycles. The highest BCUT2D eigenvalue weighted by atomic mass is 16.5. The summed E-state index contributed by atoms with van der Waals surface area (Å²) < 4.78 is 7.80. The fourth-order valence-corrected chi connectivity index (χ4v) is 4.10. The van der Waals surface area contributed by atoms with E-state index in [0.29, 0.717) is 6.54 Å².